The molecule has 0 radical (unpaired) electrons. The molecule has 3 aliphatic rings. The van der Waals surface area contributed by atoms with Crippen LogP contribution in [0.3, 0.4) is 0 Å². The maximum atomic E-state index is 15.2. The van der Waals surface area contributed by atoms with E-state index in [4.69, 9.17) is 11.0 Å². The van der Waals surface area contributed by atoms with Crippen LogP contribution in [0, 0.1) is 11.6 Å². The maximum absolute atomic E-state index is 15.2. The number of rotatable bonds is 2. The Balaban J connectivity index is 1.90. The number of piperidine rings is 1. The molecule has 1 unspecified atom stereocenters. The predicted octanol–water partition coefficient (Wildman–Crippen LogP) is 0.135. The second kappa shape index (κ2) is 6.31. The first-order chi connectivity index (χ1) is 15.4. The van der Waals surface area contributed by atoms with E-state index >= 15 is 4.39 Å². The van der Waals surface area contributed by atoms with Gasteiger partial charge in [-0.05, 0) is 6.42 Å². The van der Waals surface area contributed by atoms with Gasteiger partial charge >= 0.3 is 0 Å². The Kier molecular flexibility index (Phi) is 2.42. The number of carbonyl (C=O) groups is 3. The van der Waals surface area contributed by atoms with E-state index in [0.29, 0.717) is 0 Å². The molecule has 2 fully saturated rings. The molecule has 2 N–H and O–H groups in total. The van der Waals surface area contributed by atoms with Crippen molar-refractivity contribution in [1.82, 2.24) is 15.5 Å². The van der Waals surface area contributed by atoms with Crippen LogP contribution >= 0.6 is 0 Å². The first-order valence-corrected chi connectivity index (χ1v) is 7.69. The summed E-state index contributed by atoms with van der Waals surface area (Å²) in [5.41, 5.74) is -2.41. The summed E-state index contributed by atoms with van der Waals surface area (Å²) >= 11 is 0. The van der Waals surface area contributed by atoms with Crippen LogP contribution in [-0.2, 0) is 16.1 Å². The van der Waals surface area contributed by atoms with Crippen LogP contribution in [-0.4, -0.2) is 54.7 Å². The summed E-state index contributed by atoms with van der Waals surface area (Å²) in [5, 5.41) is 3.63. The molecule has 138 valence electrons. The standard InChI is InChI=1S/C17H18F2N4O3/c18-10-7-11(19)15(22-5-3-20-4-6-22)9-8-23(17(26)14(9)10)12-1-2-13(24)21-16(12)25/h7,12,20H,1-6,8H2,(H,21,24,25)/i3D2,4D2,5D2,6D2. The molecule has 0 spiro atoms. The molecule has 2 saturated heterocycles. The van der Waals surface area contributed by atoms with Gasteiger partial charge in [0.05, 0.1) is 16.7 Å². The lowest BCUT2D eigenvalue weighted by molar-refractivity contribution is -0.136. The molecule has 26 heavy (non-hydrogen) atoms. The number of halogens is 2. The van der Waals surface area contributed by atoms with Crippen molar-refractivity contribution in [3.63, 3.8) is 0 Å². The molecule has 3 aliphatic heterocycles. The van der Waals surface area contributed by atoms with E-state index in [1.807, 2.05) is 5.32 Å². The topological polar surface area (TPSA) is 81.8 Å². The number of anilines is 1. The number of piperazine rings is 1. The zero-order valence-corrected chi connectivity index (χ0v) is 13.2. The highest BCUT2D eigenvalue weighted by atomic mass is 19.1. The Morgan fingerprint density at radius 1 is 1.15 bits per heavy atom. The normalized spacial score (nSPS) is 35.6. The zero-order chi connectivity index (χ0) is 25.6. The molecule has 1 aromatic carbocycles. The Hall–Kier alpha value is -2.55. The molecule has 0 aromatic heterocycles. The number of amides is 3. The van der Waals surface area contributed by atoms with Crippen LogP contribution in [0.1, 0.15) is 39.7 Å². The fourth-order valence-corrected chi connectivity index (χ4v) is 3.24. The molecule has 7 nitrogen and oxygen atoms in total. The van der Waals surface area contributed by atoms with Crippen molar-refractivity contribution in [3.8, 4) is 0 Å². The van der Waals surface area contributed by atoms with Gasteiger partial charge in [-0.15, -0.1) is 0 Å². The van der Waals surface area contributed by atoms with Crippen molar-refractivity contribution in [2.24, 2.45) is 0 Å². The number of fused-ring (bicyclic) bond motifs is 1. The number of imide groups is 1. The van der Waals surface area contributed by atoms with Gasteiger partial charge in [0.1, 0.15) is 17.7 Å². The monoisotopic (exact) mass is 372 g/mol. The van der Waals surface area contributed by atoms with Crippen molar-refractivity contribution in [2.75, 3.05) is 30.9 Å². The van der Waals surface area contributed by atoms with Crippen LogP contribution in [0.5, 0.6) is 0 Å². The number of hydrogen-bond acceptors (Lipinski definition) is 5. The van der Waals surface area contributed by atoms with Crippen LogP contribution < -0.4 is 15.5 Å². The fraction of sp³-hybridized carbons (Fsp3) is 0.471. The highest BCUT2D eigenvalue weighted by Crippen LogP contribution is 2.37. The van der Waals surface area contributed by atoms with Gasteiger partial charge < -0.3 is 15.1 Å². The summed E-state index contributed by atoms with van der Waals surface area (Å²) in [4.78, 5) is 37.4. The minimum Gasteiger partial charge on any atom is -0.366 e. The van der Waals surface area contributed by atoms with Crippen LogP contribution in [0.4, 0.5) is 14.5 Å². The number of hydrogen-bond donors (Lipinski definition) is 2. The van der Waals surface area contributed by atoms with E-state index in [1.165, 1.54) is 0 Å². The van der Waals surface area contributed by atoms with Crippen molar-refractivity contribution in [2.45, 2.75) is 25.4 Å². The largest absolute Gasteiger partial charge is 0.366 e. The Bertz CT molecular complexity index is 1110. The molecule has 0 aliphatic carbocycles. The molecule has 9 heteroatoms. The van der Waals surface area contributed by atoms with Crippen molar-refractivity contribution in [3.05, 3.63) is 28.8 Å². The van der Waals surface area contributed by atoms with E-state index in [-0.39, 0.29) is 23.8 Å². The van der Waals surface area contributed by atoms with Crippen LogP contribution in [0.25, 0.3) is 0 Å². The van der Waals surface area contributed by atoms with Gasteiger partial charge in [-0.25, -0.2) is 8.78 Å². The van der Waals surface area contributed by atoms with Gasteiger partial charge in [-0.1, -0.05) is 0 Å². The molecule has 0 saturated carbocycles. The van der Waals surface area contributed by atoms with Gasteiger partial charge in [0.15, 0.2) is 0 Å². The summed E-state index contributed by atoms with van der Waals surface area (Å²) in [5.74, 6) is -5.48. The molecule has 3 heterocycles. The fourth-order valence-electron chi connectivity index (χ4n) is 3.24. The molecule has 0 bridgehead atoms. The van der Waals surface area contributed by atoms with Gasteiger partial charge in [0.2, 0.25) is 11.8 Å². The number of nitrogens with one attached hydrogen (secondary N) is 2. The predicted molar refractivity (Wildman–Crippen MR) is 87.5 cm³/mol. The molecule has 1 atom stereocenters. The van der Waals surface area contributed by atoms with Gasteiger partial charge in [-0.2, -0.15) is 0 Å². The average Bonchev–Trinajstić information content (AvgIpc) is 3.00. The highest BCUT2D eigenvalue weighted by molar-refractivity contribution is 6.06. The first-order valence-electron chi connectivity index (χ1n) is 11.7. The summed E-state index contributed by atoms with van der Waals surface area (Å²) in [6.07, 6.45) is -0.256. The number of nitrogens with zero attached hydrogens (tertiary/aromatic N) is 2. The molecule has 1 aromatic rings. The smallest absolute Gasteiger partial charge is 0.258 e. The summed E-state index contributed by atoms with van der Waals surface area (Å²) in [6, 6.07) is -1.05. The second-order valence-corrected chi connectivity index (χ2v) is 5.88. The summed E-state index contributed by atoms with van der Waals surface area (Å²) in [6.45, 7) is -14.1. The van der Waals surface area contributed by atoms with E-state index < -0.39 is 84.7 Å². The lowest BCUT2D eigenvalue weighted by Crippen LogP contribution is -2.52. The third-order valence-electron chi connectivity index (χ3n) is 4.38. The molecule has 3 amide bonds. The maximum Gasteiger partial charge on any atom is 0.258 e. The SMILES string of the molecule is [2H]C1([2H])NC([2H])([2H])C([2H])([2H])N(c2c(F)cc(F)c3c2CN(C2CCC(=O)NC2=O)C3=O)C1([2H])[2H]. The molecule has 4 rings (SSSR count). The van der Waals surface area contributed by atoms with Crippen molar-refractivity contribution in [1.29, 1.82) is 0 Å². The highest BCUT2D eigenvalue weighted by Gasteiger charge is 2.42. The lowest BCUT2D eigenvalue weighted by Gasteiger charge is -2.32. The zero-order valence-electron chi connectivity index (χ0n) is 21.2. The molecular weight excluding hydrogens is 346 g/mol. The van der Waals surface area contributed by atoms with Crippen LogP contribution in [0.2, 0.25) is 0 Å². The second-order valence-electron chi connectivity index (χ2n) is 5.88. The first kappa shape index (κ1) is 9.96. The minimum atomic E-state index is -3.43. The quantitative estimate of drug-likeness (QED) is 0.722. The Morgan fingerprint density at radius 2 is 1.88 bits per heavy atom. The molecular formula is C17H18F2N4O3. The average molecular weight is 372 g/mol. The number of carbonyl (C=O) groups excluding carboxylic acids is 3. The van der Waals surface area contributed by atoms with Gasteiger partial charge in [0.25, 0.3) is 5.91 Å². The van der Waals surface area contributed by atoms with E-state index in [2.05, 4.69) is 0 Å². The van der Waals surface area contributed by atoms with Gasteiger partial charge in [-0.3, -0.25) is 19.7 Å². The van der Waals surface area contributed by atoms with E-state index in [0.717, 1.165) is 4.90 Å². The van der Waals surface area contributed by atoms with E-state index in [1.54, 1.807) is 5.32 Å². The summed E-state index contributed by atoms with van der Waals surface area (Å²) < 4.78 is 94.4. The van der Waals surface area contributed by atoms with Crippen molar-refractivity contribution >= 4 is 23.4 Å². The Labute approximate surface area is 159 Å². The van der Waals surface area contributed by atoms with Crippen molar-refractivity contribution < 1.29 is 34.1 Å². The summed E-state index contributed by atoms with van der Waals surface area (Å²) in [7, 11) is 0. The Morgan fingerprint density at radius 3 is 2.58 bits per heavy atom. The minimum absolute atomic E-state index is 0.106. The lowest BCUT2D eigenvalue weighted by atomic mass is 10.0. The third kappa shape index (κ3) is 2.63. The third-order valence-corrected chi connectivity index (χ3v) is 4.38. The van der Waals surface area contributed by atoms with E-state index in [9.17, 15) is 18.8 Å². The van der Waals surface area contributed by atoms with Gasteiger partial charge in [0, 0.05) is 56.1 Å². The number of benzene rings is 1. The van der Waals surface area contributed by atoms with Crippen LogP contribution in [0.15, 0.2) is 6.07 Å².